The van der Waals surface area contributed by atoms with Gasteiger partial charge in [0.1, 0.15) is 0 Å². The summed E-state index contributed by atoms with van der Waals surface area (Å²) in [5, 5.41) is 8.63. The maximum atomic E-state index is 14.2. The van der Waals surface area contributed by atoms with Crippen molar-refractivity contribution in [3.8, 4) is 0 Å². The quantitative estimate of drug-likeness (QED) is 0.855. The highest BCUT2D eigenvalue weighted by Gasteiger charge is 2.48. The van der Waals surface area contributed by atoms with E-state index in [0.717, 1.165) is 4.90 Å². The van der Waals surface area contributed by atoms with Gasteiger partial charge < -0.3 is 10.0 Å². The summed E-state index contributed by atoms with van der Waals surface area (Å²) in [6.07, 6.45) is -1.07. The van der Waals surface area contributed by atoms with Gasteiger partial charge in [-0.25, -0.2) is 9.18 Å². The lowest BCUT2D eigenvalue weighted by Gasteiger charge is -2.43. The number of carboxylic acid groups (broad SMARTS) is 1. The van der Waals surface area contributed by atoms with Crippen molar-refractivity contribution in [2.45, 2.75) is 5.67 Å². The molecule has 0 aromatic heterocycles. The summed E-state index contributed by atoms with van der Waals surface area (Å²) in [6, 6.07) is 6.96. The van der Waals surface area contributed by atoms with Crippen LogP contribution in [0.3, 0.4) is 0 Å². The van der Waals surface area contributed by atoms with Crippen LogP contribution in [0.2, 0.25) is 0 Å². The predicted octanol–water partition coefficient (Wildman–Crippen LogP) is 2.61. The number of alkyl halides is 1. The van der Waals surface area contributed by atoms with Gasteiger partial charge >= 0.3 is 6.09 Å². The van der Waals surface area contributed by atoms with E-state index in [1.54, 1.807) is 24.3 Å². The fourth-order valence-corrected chi connectivity index (χ4v) is 2.33. The maximum Gasteiger partial charge on any atom is 0.407 e. The third-order valence-corrected chi connectivity index (χ3v) is 3.20. The van der Waals surface area contributed by atoms with Crippen molar-refractivity contribution in [2.75, 3.05) is 13.1 Å². The number of carbonyl (C=O) groups is 1. The maximum absolute atomic E-state index is 14.2. The lowest BCUT2D eigenvalue weighted by molar-refractivity contribution is -0.0243. The van der Waals surface area contributed by atoms with Crippen LogP contribution in [-0.2, 0) is 5.67 Å². The molecule has 0 atom stereocenters. The lowest BCUT2D eigenvalue weighted by Crippen LogP contribution is -2.58. The molecule has 3 nitrogen and oxygen atoms in total. The van der Waals surface area contributed by atoms with E-state index in [9.17, 15) is 9.18 Å². The zero-order valence-electron chi connectivity index (χ0n) is 7.78. The van der Waals surface area contributed by atoms with Gasteiger partial charge in [-0.05, 0) is 6.07 Å². The Kier molecular flexibility index (Phi) is 2.42. The molecule has 2 rings (SSSR count). The number of nitrogens with zero attached hydrogens (tertiary/aromatic N) is 1. The monoisotopic (exact) mass is 273 g/mol. The molecular weight excluding hydrogens is 265 g/mol. The first-order chi connectivity index (χ1) is 7.03. The summed E-state index contributed by atoms with van der Waals surface area (Å²) in [5.41, 5.74) is -1.03. The minimum atomic E-state index is -1.54. The first-order valence-electron chi connectivity index (χ1n) is 4.45. The molecule has 0 saturated carbocycles. The highest BCUT2D eigenvalue weighted by molar-refractivity contribution is 9.10. The molecule has 0 aliphatic carbocycles. The molecule has 1 saturated heterocycles. The van der Waals surface area contributed by atoms with Crippen molar-refractivity contribution in [1.29, 1.82) is 0 Å². The van der Waals surface area contributed by atoms with Crippen molar-refractivity contribution in [2.24, 2.45) is 0 Å². The minimum Gasteiger partial charge on any atom is -0.465 e. The first-order valence-corrected chi connectivity index (χ1v) is 5.24. The Morgan fingerprint density at radius 3 is 2.60 bits per heavy atom. The van der Waals surface area contributed by atoms with E-state index in [1.165, 1.54) is 0 Å². The van der Waals surface area contributed by atoms with Crippen LogP contribution >= 0.6 is 15.9 Å². The van der Waals surface area contributed by atoms with E-state index < -0.39 is 11.8 Å². The zero-order valence-corrected chi connectivity index (χ0v) is 9.37. The molecule has 80 valence electrons. The summed E-state index contributed by atoms with van der Waals surface area (Å²) in [6.45, 7) is -0.185. The van der Waals surface area contributed by atoms with E-state index in [1.807, 2.05) is 0 Å². The van der Waals surface area contributed by atoms with Crippen molar-refractivity contribution < 1.29 is 14.3 Å². The summed E-state index contributed by atoms with van der Waals surface area (Å²) in [4.78, 5) is 11.6. The topological polar surface area (TPSA) is 40.5 Å². The largest absolute Gasteiger partial charge is 0.465 e. The average molecular weight is 274 g/mol. The highest BCUT2D eigenvalue weighted by atomic mass is 79.9. The van der Waals surface area contributed by atoms with Crippen LogP contribution in [0, 0.1) is 0 Å². The fourth-order valence-electron chi connectivity index (χ4n) is 1.69. The van der Waals surface area contributed by atoms with Crippen LogP contribution < -0.4 is 0 Å². The second kappa shape index (κ2) is 3.48. The van der Waals surface area contributed by atoms with Crippen LogP contribution in [0.1, 0.15) is 5.56 Å². The Labute approximate surface area is 94.6 Å². The van der Waals surface area contributed by atoms with Crippen LogP contribution in [-0.4, -0.2) is 29.2 Å². The molecular formula is C10H9BrFNO2. The molecule has 1 aromatic rings. The van der Waals surface area contributed by atoms with Gasteiger partial charge in [-0.1, -0.05) is 34.1 Å². The van der Waals surface area contributed by atoms with Gasteiger partial charge in [0.2, 0.25) is 0 Å². The van der Waals surface area contributed by atoms with E-state index in [4.69, 9.17) is 5.11 Å². The molecule has 15 heavy (non-hydrogen) atoms. The van der Waals surface area contributed by atoms with Gasteiger partial charge in [0.25, 0.3) is 0 Å². The third-order valence-electron chi connectivity index (χ3n) is 2.51. The zero-order chi connectivity index (χ0) is 11.1. The molecule has 1 heterocycles. The molecule has 5 heteroatoms. The number of likely N-dealkylation sites (tertiary alicyclic amines) is 1. The molecule has 0 bridgehead atoms. The number of hydrogen-bond acceptors (Lipinski definition) is 1. The number of hydrogen-bond donors (Lipinski definition) is 1. The summed E-state index contributed by atoms with van der Waals surface area (Å²) < 4.78 is 14.9. The Hall–Kier alpha value is -1.10. The second-order valence-electron chi connectivity index (χ2n) is 3.58. The van der Waals surface area contributed by atoms with Gasteiger partial charge in [-0.15, -0.1) is 0 Å². The van der Waals surface area contributed by atoms with Crippen molar-refractivity contribution in [3.05, 3.63) is 34.3 Å². The minimum absolute atomic E-state index is 0.0923. The van der Waals surface area contributed by atoms with Gasteiger partial charge in [0, 0.05) is 10.0 Å². The number of halogens is 2. The van der Waals surface area contributed by atoms with E-state index in [-0.39, 0.29) is 13.1 Å². The number of amides is 1. The van der Waals surface area contributed by atoms with Gasteiger partial charge in [0.15, 0.2) is 5.67 Å². The Morgan fingerprint density at radius 1 is 1.47 bits per heavy atom. The lowest BCUT2D eigenvalue weighted by atomic mass is 9.88. The van der Waals surface area contributed by atoms with Crippen molar-refractivity contribution in [1.82, 2.24) is 4.90 Å². The Morgan fingerprint density at radius 2 is 2.07 bits per heavy atom. The highest BCUT2D eigenvalue weighted by Crippen LogP contribution is 2.39. The molecule has 1 N–H and O–H groups in total. The summed E-state index contributed by atoms with van der Waals surface area (Å²) in [5.74, 6) is 0. The standard InChI is InChI=1S/C10H9BrFNO2/c11-8-4-2-1-3-7(8)10(12)5-13(6-10)9(14)15/h1-4H,5-6H2,(H,14,15). The molecule has 0 radical (unpaired) electrons. The third kappa shape index (κ3) is 1.71. The Balaban J connectivity index is 2.20. The van der Waals surface area contributed by atoms with Gasteiger partial charge in [0.05, 0.1) is 13.1 Å². The van der Waals surface area contributed by atoms with Crippen LogP contribution in [0.15, 0.2) is 28.7 Å². The second-order valence-corrected chi connectivity index (χ2v) is 4.44. The van der Waals surface area contributed by atoms with Gasteiger partial charge in [-0.3, -0.25) is 0 Å². The van der Waals surface area contributed by atoms with Crippen molar-refractivity contribution >= 4 is 22.0 Å². The predicted molar refractivity (Wildman–Crippen MR) is 56.5 cm³/mol. The fraction of sp³-hybridized carbons (Fsp3) is 0.300. The number of benzene rings is 1. The van der Waals surface area contributed by atoms with Crippen LogP contribution in [0.5, 0.6) is 0 Å². The SMILES string of the molecule is O=C(O)N1CC(F)(c2ccccc2Br)C1. The van der Waals surface area contributed by atoms with E-state index >= 15 is 0 Å². The smallest absolute Gasteiger partial charge is 0.407 e. The molecule has 1 amide bonds. The van der Waals surface area contributed by atoms with Crippen LogP contribution in [0.25, 0.3) is 0 Å². The van der Waals surface area contributed by atoms with Crippen molar-refractivity contribution in [3.63, 3.8) is 0 Å². The first kappa shape index (κ1) is 10.4. The van der Waals surface area contributed by atoms with Gasteiger partial charge in [-0.2, -0.15) is 0 Å². The number of rotatable bonds is 1. The van der Waals surface area contributed by atoms with Crippen LogP contribution in [0.4, 0.5) is 9.18 Å². The Bertz CT molecular complexity index is 404. The molecule has 1 aromatic carbocycles. The summed E-state index contributed by atoms with van der Waals surface area (Å²) in [7, 11) is 0. The molecule has 1 fully saturated rings. The normalized spacial score (nSPS) is 18.4. The molecule has 0 spiro atoms. The average Bonchev–Trinajstić information content (AvgIpc) is 2.13. The molecule has 1 aliphatic rings. The van der Waals surface area contributed by atoms with E-state index in [2.05, 4.69) is 15.9 Å². The molecule has 0 unspecified atom stereocenters. The van der Waals surface area contributed by atoms with E-state index in [0.29, 0.717) is 10.0 Å². The molecule has 1 aliphatic heterocycles. The summed E-state index contributed by atoms with van der Waals surface area (Å²) >= 11 is 3.26.